The van der Waals surface area contributed by atoms with Crippen molar-refractivity contribution >= 4 is 23.9 Å². The van der Waals surface area contributed by atoms with Crippen LogP contribution in [-0.4, -0.2) is 38.8 Å². The SMILES string of the molecule is CCn1ncc(NN(CC=O)C(=O)O)c1N. The molecule has 0 saturated carbocycles. The maximum Gasteiger partial charge on any atom is 0.426 e. The molecule has 0 spiro atoms. The number of hydrazine groups is 1. The van der Waals surface area contributed by atoms with Crippen LogP contribution in [0.1, 0.15) is 6.92 Å². The Bertz CT molecular complexity index is 389. The van der Waals surface area contributed by atoms with Gasteiger partial charge in [0, 0.05) is 6.54 Å². The summed E-state index contributed by atoms with van der Waals surface area (Å²) in [6.45, 7) is 2.15. The number of aryl methyl sites for hydroxylation is 1. The van der Waals surface area contributed by atoms with Crippen molar-refractivity contribution < 1.29 is 14.7 Å². The predicted molar refractivity (Wildman–Crippen MR) is 56.7 cm³/mol. The molecule has 16 heavy (non-hydrogen) atoms. The Kier molecular flexibility index (Phi) is 3.70. The van der Waals surface area contributed by atoms with Gasteiger partial charge in [0.2, 0.25) is 0 Å². The van der Waals surface area contributed by atoms with E-state index in [0.29, 0.717) is 24.3 Å². The molecule has 0 aromatic carbocycles. The van der Waals surface area contributed by atoms with Crippen molar-refractivity contribution in [3.63, 3.8) is 0 Å². The van der Waals surface area contributed by atoms with E-state index in [1.807, 2.05) is 6.92 Å². The number of nitrogens with zero attached hydrogens (tertiary/aromatic N) is 3. The Labute approximate surface area is 91.6 Å². The van der Waals surface area contributed by atoms with E-state index in [0.717, 1.165) is 5.01 Å². The van der Waals surface area contributed by atoms with Gasteiger partial charge in [0.25, 0.3) is 0 Å². The molecule has 0 fully saturated rings. The molecule has 0 bridgehead atoms. The van der Waals surface area contributed by atoms with Gasteiger partial charge in [-0.25, -0.2) is 14.5 Å². The minimum Gasteiger partial charge on any atom is -0.464 e. The van der Waals surface area contributed by atoms with Crippen LogP contribution in [0.3, 0.4) is 0 Å². The molecule has 4 N–H and O–H groups in total. The largest absolute Gasteiger partial charge is 0.464 e. The number of hydrogen-bond acceptors (Lipinski definition) is 5. The number of carbonyl (C=O) groups excluding carboxylic acids is 1. The lowest BCUT2D eigenvalue weighted by Crippen LogP contribution is -2.36. The van der Waals surface area contributed by atoms with Gasteiger partial charge in [-0.2, -0.15) is 5.10 Å². The first kappa shape index (κ1) is 11.8. The molecule has 8 heteroatoms. The third kappa shape index (κ3) is 2.41. The van der Waals surface area contributed by atoms with E-state index in [9.17, 15) is 9.59 Å². The number of nitrogen functional groups attached to an aromatic ring is 1. The summed E-state index contributed by atoms with van der Waals surface area (Å²) in [7, 11) is 0. The lowest BCUT2D eigenvalue weighted by molar-refractivity contribution is -0.108. The Morgan fingerprint density at radius 1 is 1.81 bits per heavy atom. The van der Waals surface area contributed by atoms with Crippen LogP contribution in [0.2, 0.25) is 0 Å². The lowest BCUT2D eigenvalue weighted by Gasteiger charge is -2.17. The van der Waals surface area contributed by atoms with Crippen LogP contribution >= 0.6 is 0 Å². The van der Waals surface area contributed by atoms with Gasteiger partial charge in [0.1, 0.15) is 24.3 Å². The second-order valence-electron chi connectivity index (χ2n) is 2.93. The molecule has 0 unspecified atom stereocenters. The zero-order valence-corrected chi connectivity index (χ0v) is 8.75. The highest BCUT2D eigenvalue weighted by atomic mass is 16.4. The number of rotatable bonds is 5. The van der Waals surface area contributed by atoms with E-state index in [-0.39, 0.29) is 6.54 Å². The molecule has 1 aromatic heterocycles. The second kappa shape index (κ2) is 5.01. The number of aldehydes is 1. The highest BCUT2D eigenvalue weighted by Crippen LogP contribution is 2.17. The van der Waals surface area contributed by atoms with Gasteiger partial charge in [-0.15, -0.1) is 0 Å². The third-order valence-corrected chi connectivity index (χ3v) is 1.92. The molecule has 1 aromatic rings. The highest BCUT2D eigenvalue weighted by molar-refractivity contribution is 5.73. The van der Waals surface area contributed by atoms with Gasteiger partial charge in [-0.05, 0) is 6.92 Å². The summed E-state index contributed by atoms with van der Waals surface area (Å²) in [5.41, 5.74) is 8.54. The number of nitrogens with two attached hydrogens (primary N) is 1. The fraction of sp³-hybridized carbons (Fsp3) is 0.375. The standard InChI is InChI=1S/C8H13N5O3/c1-2-12-7(9)6(5-10-12)11-13(3-4-14)8(15)16/h4-5,11H,2-3,9H2,1H3,(H,15,16). The summed E-state index contributed by atoms with van der Waals surface area (Å²) in [4.78, 5) is 21.0. The number of hydrogen-bond donors (Lipinski definition) is 3. The first-order chi connectivity index (χ1) is 7.60. The summed E-state index contributed by atoms with van der Waals surface area (Å²) in [6.07, 6.45) is 0.608. The predicted octanol–water partition coefficient (Wildman–Crippen LogP) is -0.00900. The summed E-state index contributed by atoms with van der Waals surface area (Å²) >= 11 is 0. The molecule has 1 rings (SSSR count). The van der Waals surface area contributed by atoms with Gasteiger partial charge in [0.05, 0.1) is 6.20 Å². The molecule has 0 aliphatic heterocycles. The maximum atomic E-state index is 10.7. The van der Waals surface area contributed by atoms with Crippen LogP contribution in [-0.2, 0) is 11.3 Å². The van der Waals surface area contributed by atoms with E-state index in [4.69, 9.17) is 10.8 Å². The van der Waals surface area contributed by atoms with E-state index >= 15 is 0 Å². The van der Waals surface area contributed by atoms with Crippen molar-refractivity contribution in [1.82, 2.24) is 14.8 Å². The van der Waals surface area contributed by atoms with Gasteiger partial charge in [-0.1, -0.05) is 0 Å². The number of amides is 1. The zero-order valence-electron chi connectivity index (χ0n) is 8.75. The molecule has 0 aliphatic rings. The van der Waals surface area contributed by atoms with E-state index < -0.39 is 6.09 Å². The molecule has 88 valence electrons. The fourth-order valence-electron chi connectivity index (χ4n) is 1.12. The molecule has 0 atom stereocenters. The van der Waals surface area contributed by atoms with Crippen LogP contribution in [0, 0.1) is 0 Å². The normalized spacial score (nSPS) is 9.81. The summed E-state index contributed by atoms with van der Waals surface area (Å²) < 4.78 is 1.50. The van der Waals surface area contributed by atoms with Gasteiger partial charge in [0.15, 0.2) is 0 Å². The number of aromatic nitrogens is 2. The van der Waals surface area contributed by atoms with Crippen LogP contribution in [0.15, 0.2) is 6.20 Å². The van der Waals surface area contributed by atoms with E-state index in [1.165, 1.54) is 10.9 Å². The minimum absolute atomic E-state index is 0.286. The summed E-state index contributed by atoms with van der Waals surface area (Å²) in [5, 5.41) is 13.4. The van der Waals surface area contributed by atoms with Crippen molar-refractivity contribution in [1.29, 1.82) is 0 Å². The van der Waals surface area contributed by atoms with Crippen molar-refractivity contribution in [2.75, 3.05) is 17.7 Å². The molecule has 1 heterocycles. The Hall–Kier alpha value is -2.25. The molecule has 0 radical (unpaired) electrons. The zero-order chi connectivity index (χ0) is 12.1. The van der Waals surface area contributed by atoms with E-state index in [2.05, 4.69) is 10.5 Å². The van der Waals surface area contributed by atoms with Gasteiger partial charge < -0.3 is 15.6 Å². The lowest BCUT2D eigenvalue weighted by atomic mass is 10.5. The molecular weight excluding hydrogens is 214 g/mol. The average Bonchev–Trinajstić information content (AvgIpc) is 2.59. The number of anilines is 2. The van der Waals surface area contributed by atoms with Crippen molar-refractivity contribution in [3.05, 3.63) is 6.20 Å². The van der Waals surface area contributed by atoms with Crippen LogP contribution in [0.4, 0.5) is 16.3 Å². The third-order valence-electron chi connectivity index (χ3n) is 1.92. The molecule has 0 aliphatic carbocycles. The second-order valence-corrected chi connectivity index (χ2v) is 2.93. The summed E-state index contributed by atoms with van der Waals surface area (Å²) in [6, 6.07) is 0. The van der Waals surface area contributed by atoms with Crippen LogP contribution < -0.4 is 11.2 Å². The average molecular weight is 227 g/mol. The van der Waals surface area contributed by atoms with E-state index in [1.54, 1.807) is 0 Å². The molecule has 0 saturated heterocycles. The molecule has 1 amide bonds. The number of carbonyl (C=O) groups is 2. The topological polar surface area (TPSA) is 113 Å². The molecule has 8 nitrogen and oxygen atoms in total. The number of nitrogens with one attached hydrogen (secondary N) is 1. The number of carboxylic acid groups (broad SMARTS) is 1. The minimum atomic E-state index is -1.27. The van der Waals surface area contributed by atoms with Crippen LogP contribution in [0.5, 0.6) is 0 Å². The first-order valence-corrected chi connectivity index (χ1v) is 4.62. The van der Waals surface area contributed by atoms with Crippen molar-refractivity contribution in [2.24, 2.45) is 0 Å². The van der Waals surface area contributed by atoms with Crippen molar-refractivity contribution in [3.8, 4) is 0 Å². The Morgan fingerprint density at radius 2 is 2.50 bits per heavy atom. The quantitative estimate of drug-likeness (QED) is 0.481. The smallest absolute Gasteiger partial charge is 0.426 e. The van der Waals surface area contributed by atoms with Crippen molar-refractivity contribution in [2.45, 2.75) is 13.5 Å². The first-order valence-electron chi connectivity index (χ1n) is 4.62. The monoisotopic (exact) mass is 227 g/mol. The Balaban J connectivity index is 2.80. The van der Waals surface area contributed by atoms with Crippen LogP contribution in [0.25, 0.3) is 0 Å². The maximum absolute atomic E-state index is 10.7. The van der Waals surface area contributed by atoms with Gasteiger partial charge >= 0.3 is 6.09 Å². The van der Waals surface area contributed by atoms with Gasteiger partial charge in [-0.3, -0.25) is 5.43 Å². The summed E-state index contributed by atoms with van der Waals surface area (Å²) in [5.74, 6) is 0.319. The molecular formula is C8H13N5O3. The fourth-order valence-corrected chi connectivity index (χ4v) is 1.12. The highest BCUT2D eigenvalue weighted by Gasteiger charge is 2.14. The Morgan fingerprint density at radius 3 is 2.94 bits per heavy atom.